The molecule has 2 fully saturated rings. The number of rotatable bonds is 8. The molecule has 0 aromatic carbocycles. The van der Waals surface area contributed by atoms with Crippen molar-refractivity contribution in [2.24, 2.45) is 5.92 Å². The van der Waals surface area contributed by atoms with E-state index in [2.05, 4.69) is 12.2 Å². The van der Waals surface area contributed by atoms with E-state index in [-0.39, 0.29) is 0 Å². The Morgan fingerprint density at radius 2 is 1.68 bits per heavy atom. The second-order valence-corrected chi connectivity index (χ2v) is 6.63. The first-order valence-corrected chi connectivity index (χ1v) is 8.74. The first-order chi connectivity index (χ1) is 9.38. The Morgan fingerprint density at radius 3 is 2.47 bits per heavy atom. The van der Waals surface area contributed by atoms with Gasteiger partial charge in [0.05, 0.1) is 12.2 Å². The molecule has 0 aromatic rings. The summed E-state index contributed by atoms with van der Waals surface area (Å²) in [4.78, 5) is 0. The summed E-state index contributed by atoms with van der Waals surface area (Å²) in [5.74, 6) is 0.954. The van der Waals surface area contributed by atoms with Crippen molar-refractivity contribution in [2.45, 2.75) is 89.8 Å². The van der Waals surface area contributed by atoms with Crippen molar-refractivity contribution >= 4 is 0 Å². The number of morpholine rings is 1. The minimum absolute atomic E-state index is 0.488. The van der Waals surface area contributed by atoms with Crippen LogP contribution in [0.25, 0.3) is 0 Å². The molecule has 0 amide bonds. The number of unbranched alkanes of at least 4 members (excludes halogenated alkanes) is 4. The second kappa shape index (κ2) is 8.97. The van der Waals surface area contributed by atoms with E-state index in [4.69, 9.17) is 4.74 Å². The summed E-state index contributed by atoms with van der Waals surface area (Å²) in [6.07, 6.45) is 16.2. The average Bonchev–Trinajstić information content (AvgIpc) is 2.92. The molecule has 0 bridgehead atoms. The Balaban J connectivity index is 1.57. The van der Waals surface area contributed by atoms with Crippen LogP contribution in [0.4, 0.5) is 0 Å². The molecule has 0 aromatic heterocycles. The second-order valence-electron chi connectivity index (χ2n) is 6.63. The van der Waals surface area contributed by atoms with Crippen LogP contribution in [0.5, 0.6) is 0 Å². The first kappa shape index (κ1) is 15.3. The maximum Gasteiger partial charge on any atom is 0.0706 e. The SMILES string of the molecule is CCCCCCCC1CNCC(CC2CCCC2)O1. The summed E-state index contributed by atoms with van der Waals surface area (Å²) >= 11 is 0. The Labute approximate surface area is 119 Å². The summed E-state index contributed by atoms with van der Waals surface area (Å²) in [6, 6.07) is 0. The van der Waals surface area contributed by atoms with Gasteiger partial charge in [-0.05, 0) is 18.8 Å². The molecule has 2 aliphatic rings. The third-order valence-electron chi connectivity index (χ3n) is 4.83. The molecule has 19 heavy (non-hydrogen) atoms. The van der Waals surface area contributed by atoms with Crippen molar-refractivity contribution in [1.29, 1.82) is 0 Å². The number of ether oxygens (including phenoxy) is 1. The Kier molecular flexibility index (Phi) is 7.23. The van der Waals surface area contributed by atoms with Crippen molar-refractivity contribution in [3.8, 4) is 0 Å². The monoisotopic (exact) mass is 267 g/mol. The van der Waals surface area contributed by atoms with Gasteiger partial charge in [0, 0.05) is 13.1 Å². The Hall–Kier alpha value is -0.0800. The molecule has 2 rings (SSSR count). The maximum absolute atomic E-state index is 6.29. The molecule has 2 heteroatoms. The quantitative estimate of drug-likeness (QED) is 0.663. The summed E-state index contributed by atoms with van der Waals surface area (Å²) in [7, 11) is 0. The van der Waals surface area contributed by atoms with Gasteiger partial charge >= 0.3 is 0 Å². The normalized spacial score (nSPS) is 28.9. The fraction of sp³-hybridized carbons (Fsp3) is 1.00. The van der Waals surface area contributed by atoms with Crippen molar-refractivity contribution in [3.63, 3.8) is 0 Å². The highest BCUT2D eigenvalue weighted by molar-refractivity contribution is 4.79. The lowest BCUT2D eigenvalue weighted by molar-refractivity contribution is -0.0511. The van der Waals surface area contributed by atoms with Crippen LogP contribution in [-0.2, 0) is 4.74 Å². The van der Waals surface area contributed by atoms with Gasteiger partial charge in [-0.1, -0.05) is 64.7 Å². The van der Waals surface area contributed by atoms with E-state index in [9.17, 15) is 0 Å². The fourth-order valence-corrected chi connectivity index (χ4v) is 3.68. The van der Waals surface area contributed by atoms with Crippen LogP contribution in [0, 0.1) is 5.92 Å². The number of nitrogens with one attached hydrogen (secondary N) is 1. The lowest BCUT2D eigenvalue weighted by atomic mass is 9.98. The zero-order chi connectivity index (χ0) is 13.3. The van der Waals surface area contributed by atoms with E-state index in [1.54, 1.807) is 0 Å². The van der Waals surface area contributed by atoms with E-state index < -0.39 is 0 Å². The largest absolute Gasteiger partial charge is 0.372 e. The summed E-state index contributed by atoms with van der Waals surface area (Å²) < 4.78 is 6.29. The van der Waals surface area contributed by atoms with Crippen LogP contribution in [0.3, 0.4) is 0 Å². The summed E-state index contributed by atoms with van der Waals surface area (Å²) in [5.41, 5.74) is 0. The van der Waals surface area contributed by atoms with Crippen LogP contribution in [0.15, 0.2) is 0 Å². The molecule has 2 atom stereocenters. The molecule has 1 N–H and O–H groups in total. The lowest BCUT2D eigenvalue weighted by Crippen LogP contribution is -2.45. The highest BCUT2D eigenvalue weighted by atomic mass is 16.5. The maximum atomic E-state index is 6.29. The van der Waals surface area contributed by atoms with Gasteiger partial charge < -0.3 is 10.1 Å². The zero-order valence-corrected chi connectivity index (χ0v) is 12.8. The Bertz CT molecular complexity index is 225. The van der Waals surface area contributed by atoms with E-state index >= 15 is 0 Å². The van der Waals surface area contributed by atoms with Gasteiger partial charge in [-0.25, -0.2) is 0 Å². The van der Waals surface area contributed by atoms with Gasteiger partial charge in [0.25, 0.3) is 0 Å². The van der Waals surface area contributed by atoms with Crippen molar-refractivity contribution < 1.29 is 4.74 Å². The topological polar surface area (TPSA) is 21.3 Å². The molecule has 2 nitrogen and oxygen atoms in total. The van der Waals surface area contributed by atoms with Crippen LogP contribution in [-0.4, -0.2) is 25.3 Å². The van der Waals surface area contributed by atoms with E-state index in [1.807, 2.05) is 0 Å². The van der Waals surface area contributed by atoms with Gasteiger partial charge in [-0.15, -0.1) is 0 Å². The van der Waals surface area contributed by atoms with Crippen molar-refractivity contribution in [1.82, 2.24) is 5.32 Å². The molecule has 0 radical (unpaired) electrons. The first-order valence-electron chi connectivity index (χ1n) is 8.74. The molecule has 1 aliphatic carbocycles. The minimum Gasteiger partial charge on any atom is -0.372 e. The Morgan fingerprint density at radius 1 is 0.947 bits per heavy atom. The molecule has 0 spiro atoms. The third kappa shape index (κ3) is 5.83. The predicted octanol–water partition coefficient (Wildman–Crippen LogP) is 4.28. The van der Waals surface area contributed by atoms with Gasteiger partial charge in [0.2, 0.25) is 0 Å². The summed E-state index contributed by atoms with van der Waals surface area (Å²) in [5, 5.41) is 3.59. The van der Waals surface area contributed by atoms with Gasteiger partial charge in [-0.2, -0.15) is 0 Å². The molecule has 1 saturated heterocycles. The van der Waals surface area contributed by atoms with Crippen LogP contribution in [0.2, 0.25) is 0 Å². The molecule has 2 unspecified atom stereocenters. The van der Waals surface area contributed by atoms with Gasteiger partial charge in [-0.3, -0.25) is 0 Å². The molecular formula is C17H33NO. The van der Waals surface area contributed by atoms with E-state index in [0.717, 1.165) is 19.0 Å². The smallest absolute Gasteiger partial charge is 0.0706 e. The zero-order valence-electron chi connectivity index (χ0n) is 12.8. The standard InChI is InChI=1S/C17H33NO/c1-2-3-4-5-6-11-16-13-18-14-17(19-16)12-15-9-7-8-10-15/h15-18H,2-14H2,1H3. The molecule has 1 aliphatic heterocycles. The van der Waals surface area contributed by atoms with Crippen LogP contribution in [0.1, 0.15) is 77.6 Å². The molecule has 1 heterocycles. The van der Waals surface area contributed by atoms with Crippen molar-refractivity contribution in [2.75, 3.05) is 13.1 Å². The van der Waals surface area contributed by atoms with Crippen molar-refractivity contribution in [3.05, 3.63) is 0 Å². The fourth-order valence-electron chi connectivity index (χ4n) is 3.68. The average molecular weight is 267 g/mol. The lowest BCUT2D eigenvalue weighted by Gasteiger charge is -2.32. The number of hydrogen-bond donors (Lipinski definition) is 1. The molecule has 1 saturated carbocycles. The molecule has 112 valence electrons. The van der Waals surface area contributed by atoms with E-state index in [1.165, 1.54) is 70.6 Å². The predicted molar refractivity (Wildman–Crippen MR) is 81.5 cm³/mol. The van der Waals surface area contributed by atoms with Crippen LogP contribution >= 0.6 is 0 Å². The molecular weight excluding hydrogens is 234 g/mol. The highest BCUT2D eigenvalue weighted by Crippen LogP contribution is 2.30. The highest BCUT2D eigenvalue weighted by Gasteiger charge is 2.25. The summed E-state index contributed by atoms with van der Waals surface area (Å²) in [6.45, 7) is 4.44. The van der Waals surface area contributed by atoms with Crippen LogP contribution < -0.4 is 5.32 Å². The van der Waals surface area contributed by atoms with E-state index in [0.29, 0.717) is 12.2 Å². The number of hydrogen-bond acceptors (Lipinski definition) is 2. The minimum atomic E-state index is 0.488. The van der Waals surface area contributed by atoms with Gasteiger partial charge in [0.1, 0.15) is 0 Å². The third-order valence-corrected chi connectivity index (χ3v) is 4.83. The van der Waals surface area contributed by atoms with Gasteiger partial charge in [0.15, 0.2) is 0 Å².